The molecule has 1 N–H and O–H groups in total. The standard InChI is InChI=1S/C12H20F3N3/c1-4-16-11(6-5-7-12(13,14)15)10-8-17-18(3)9(10)2/h8,11,16H,4-7H2,1-3H3. The molecule has 18 heavy (non-hydrogen) atoms. The Morgan fingerprint density at radius 1 is 1.44 bits per heavy atom. The van der Waals surface area contributed by atoms with Gasteiger partial charge in [0.2, 0.25) is 0 Å². The smallest absolute Gasteiger partial charge is 0.310 e. The second kappa shape index (κ2) is 6.22. The van der Waals surface area contributed by atoms with Crippen molar-refractivity contribution in [3.8, 4) is 0 Å². The van der Waals surface area contributed by atoms with Crippen LogP contribution in [0.5, 0.6) is 0 Å². The van der Waals surface area contributed by atoms with Crippen LogP contribution in [0.25, 0.3) is 0 Å². The monoisotopic (exact) mass is 263 g/mol. The molecule has 0 saturated carbocycles. The van der Waals surface area contributed by atoms with Crippen LogP contribution in [0.4, 0.5) is 13.2 Å². The van der Waals surface area contributed by atoms with Crippen molar-refractivity contribution >= 4 is 0 Å². The number of rotatable bonds is 6. The van der Waals surface area contributed by atoms with Gasteiger partial charge in [-0.3, -0.25) is 4.68 Å². The SMILES string of the molecule is CCNC(CCCC(F)(F)F)c1cnn(C)c1C. The fourth-order valence-corrected chi connectivity index (χ4v) is 1.98. The number of aromatic nitrogens is 2. The van der Waals surface area contributed by atoms with E-state index in [1.54, 1.807) is 10.9 Å². The van der Waals surface area contributed by atoms with Crippen molar-refractivity contribution in [1.29, 1.82) is 0 Å². The van der Waals surface area contributed by atoms with Crippen molar-refractivity contribution in [2.75, 3.05) is 6.54 Å². The zero-order chi connectivity index (χ0) is 13.8. The summed E-state index contributed by atoms with van der Waals surface area (Å²) in [6, 6.07) is -0.0500. The summed E-state index contributed by atoms with van der Waals surface area (Å²) in [7, 11) is 1.83. The van der Waals surface area contributed by atoms with Crippen molar-refractivity contribution in [2.45, 2.75) is 45.3 Å². The van der Waals surface area contributed by atoms with Gasteiger partial charge in [-0.1, -0.05) is 6.92 Å². The number of nitrogens with one attached hydrogen (secondary N) is 1. The van der Waals surface area contributed by atoms with Crippen LogP contribution in [0.1, 0.15) is 43.5 Å². The molecule has 1 aromatic rings. The average Bonchev–Trinajstić information content (AvgIpc) is 2.57. The largest absolute Gasteiger partial charge is 0.389 e. The Hall–Kier alpha value is -1.04. The molecule has 1 rings (SSSR count). The van der Waals surface area contributed by atoms with Gasteiger partial charge in [0.1, 0.15) is 0 Å². The highest BCUT2D eigenvalue weighted by Gasteiger charge is 2.27. The zero-order valence-corrected chi connectivity index (χ0v) is 11.0. The fourth-order valence-electron chi connectivity index (χ4n) is 1.98. The number of nitrogens with zero attached hydrogens (tertiary/aromatic N) is 2. The Morgan fingerprint density at radius 2 is 2.11 bits per heavy atom. The van der Waals surface area contributed by atoms with E-state index in [-0.39, 0.29) is 12.5 Å². The van der Waals surface area contributed by atoms with Gasteiger partial charge in [-0.15, -0.1) is 0 Å². The molecule has 0 spiro atoms. The van der Waals surface area contributed by atoms with Crippen molar-refractivity contribution in [3.63, 3.8) is 0 Å². The quantitative estimate of drug-likeness (QED) is 0.854. The van der Waals surface area contributed by atoms with Crippen molar-refractivity contribution in [3.05, 3.63) is 17.5 Å². The lowest BCUT2D eigenvalue weighted by molar-refractivity contribution is -0.135. The highest BCUT2D eigenvalue weighted by atomic mass is 19.4. The third kappa shape index (κ3) is 4.33. The third-order valence-electron chi connectivity index (χ3n) is 3.05. The van der Waals surface area contributed by atoms with E-state index in [9.17, 15) is 13.2 Å². The minimum absolute atomic E-state index is 0.0500. The van der Waals surface area contributed by atoms with E-state index in [1.165, 1.54) is 0 Å². The molecule has 0 amide bonds. The van der Waals surface area contributed by atoms with Gasteiger partial charge in [0.05, 0.1) is 6.20 Å². The van der Waals surface area contributed by atoms with Gasteiger partial charge in [-0.25, -0.2) is 0 Å². The van der Waals surface area contributed by atoms with Crippen LogP contribution in [-0.4, -0.2) is 22.5 Å². The molecule has 0 radical (unpaired) electrons. The predicted octanol–water partition coefficient (Wildman–Crippen LogP) is 3.11. The van der Waals surface area contributed by atoms with Gasteiger partial charge in [0, 0.05) is 30.8 Å². The van der Waals surface area contributed by atoms with E-state index in [2.05, 4.69) is 10.4 Å². The lowest BCUT2D eigenvalue weighted by atomic mass is 10.0. The molecule has 0 saturated heterocycles. The lowest BCUT2D eigenvalue weighted by Gasteiger charge is -2.18. The van der Waals surface area contributed by atoms with Crippen molar-refractivity contribution in [2.24, 2.45) is 7.05 Å². The van der Waals surface area contributed by atoms with Gasteiger partial charge in [-0.05, 0) is 26.3 Å². The molecule has 1 aromatic heterocycles. The lowest BCUT2D eigenvalue weighted by Crippen LogP contribution is -2.22. The van der Waals surface area contributed by atoms with Crippen molar-refractivity contribution in [1.82, 2.24) is 15.1 Å². The van der Waals surface area contributed by atoms with Gasteiger partial charge in [-0.2, -0.15) is 18.3 Å². The molecule has 104 valence electrons. The molecule has 0 fully saturated rings. The number of aryl methyl sites for hydroxylation is 1. The molecule has 0 bridgehead atoms. The first-order valence-corrected chi connectivity index (χ1v) is 6.13. The highest BCUT2D eigenvalue weighted by Crippen LogP contribution is 2.27. The molecule has 0 aliphatic rings. The highest BCUT2D eigenvalue weighted by molar-refractivity contribution is 5.20. The second-order valence-corrected chi connectivity index (χ2v) is 4.43. The van der Waals surface area contributed by atoms with Crippen LogP contribution in [0, 0.1) is 6.92 Å². The molecule has 0 aliphatic heterocycles. The molecular weight excluding hydrogens is 243 g/mol. The summed E-state index contributed by atoms with van der Waals surface area (Å²) in [6.07, 6.45) is -2.46. The Balaban J connectivity index is 2.63. The van der Waals surface area contributed by atoms with Crippen LogP contribution in [0.3, 0.4) is 0 Å². The predicted molar refractivity (Wildman–Crippen MR) is 64.3 cm³/mol. The number of hydrogen-bond donors (Lipinski definition) is 1. The van der Waals surface area contributed by atoms with Gasteiger partial charge < -0.3 is 5.32 Å². The van der Waals surface area contributed by atoms with E-state index >= 15 is 0 Å². The summed E-state index contributed by atoms with van der Waals surface area (Å²) in [5.74, 6) is 0. The van der Waals surface area contributed by atoms with E-state index in [4.69, 9.17) is 0 Å². The Kier molecular flexibility index (Phi) is 5.19. The van der Waals surface area contributed by atoms with Gasteiger partial charge in [0.15, 0.2) is 0 Å². The van der Waals surface area contributed by atoms with Crippen molar-refractivity contribution < 1.29 is 13.2 Å². The van der Waals surface area contributed by atoms with Crippen LogP contribution in [0.2, 0.25) is 0 Å². The maximum atomic E-state index is 12.1. The van der Waals surface area contributed by atoms with E-state index in [0.29, 0.717) is 6.42 Å². The Morgan fingerprint density at radius 3 is 2.56 bits per heavy atom. The summed E-state index contributed by atoms with van der Waals surface area (Å²) in [5, 5.41) is 7.35. The first kappa shape index (κ1) is 15.0. The van der Waals surface area contributed by atoms with E-state index in [0.717, 1.165) is 17.8 Å². The molecule has 6 heteroatoms. The summed E-state index contributed by atoms with van der Waals surface area (Å²) in [5.41, 5.74) is 1.98. The summed E-state index contributed by atoms with van der Waals surface area (Å²) in [4.78, 5) is 0. The third-order valence-corrected chi connectivity index (χ3v) is 3.05. The van der Waals surface area contributed by atoms with Crippen LogP contribution in [-0.2, 0) is 7.05 Å². The number of hydrogen-bond acceptors (Lipinski definition) is 2. The van der Waals surface area contributed by atoms with Crippen LogP contribution >= 0.6 is 0 Å². The van der Waals surface area contributed by atoms with Gasteiger partial charge >= 0.3 is 6.18 Å². The Bertz CT molecular complexity index is 371. The van der Waals surface area contributed by atoms with Crippen LogP contribution < -0.4 is 5.32 Å². The first-order chi connectivity index (χ1) is 8.35. The summed E-state index contributed by atoms with van der Waals surface area (Å²) < 4.78 is 38.2. The molecular formula is C12H20F3N3. The minimum atomic E-state index is -4.07. The normalized spacial score (nSPS) is 13.9. The van der Waals surface area contributed by atoms with E-state index < -0.39 is 12.6 Å². The summed E-state index contributed by atoms with van der Waals surface area (Å²) in [6.45, 7) is 4.60. The zero-order valence-electron chi connectivity index (χ0n) is 11.0. The van der Waals surface area contributed by atoms with Crippen LogP contribution in [0.15, 0.2) is 6.20 Å². The summed E-state index contributed by atoms with van der Waals surface area (Å²) >= 11 is 0. The molecule has 3 nitrogen and oxygen atoms in total. The topological polar surface area (TPSA) is 29.9 Å². The molecule has 1 heterocycles. The maximum Gasteiger partial charge on any atom is 0.389 e. The molecule has 1 unspecified atom stereocenters. The van der Waals surface area contributed by atoms with Gasteiger partial charge in [0.25, 0.3) is 0 Å². The minimum Gasteiger partial charge on any atom is -0.310 e. The number of halogens is 3. The molecule has 1 atom stereocenters. The fraction of sp³-hybridized carbons (Fsp3) is 0.750. The van der Waals surface area contributed by atoms with E-state index in [1.807, 2.05) is 20.9 Å². The number of alkyl halides is 3. The maximum absolute atomic E-state index is 12.1. The average molecular weight is 263 g/mol. The Labute approximate surface area is 105 Å². The second-order valence-electron chi connectivity index (χ2n) is 4.43. The first-order valence-electron chi connectivity index (χ1n) is 6.13. The molecule has 0 aromatic carbocycles. The molecule has 0 aliphatic carbocycles.